The van der Waals surface area contributed by atoms with Crippen molar-refractivity contribution in [2.75, 3.05) is 13.1 Å². The highest BCUT2D eigenvalue weighted by Crippen LogP contribution is 2.22. The number of hydrogen-bond donors (Lipinski definition) is 4. The summed E-state index contributed by atoms with van der Waals surface area (Å²) >= 11 is 0. The highest BCUT2D eigenvalue weighted by molar-refractivity contribution is 5.97. The topological polar surface area (TPSA) is 115 Å². The van der Waals surface area contributed by atoms with Crippen LogP contribution >= 0.6 is 0 Å². The molecule has 0 aliphatic carbocycles. The van der Waals surface area contributed by atoms with Gasteiger partial charge in [-0.3, -0.25) is 26.0 Å². The molecule has 0 unspecified atom stereocenters. The normalized spacial score (nSPS) is 26.8. The molecule has 2 heterocycles. The smallest absolute Gasteiger partial charge is 0.338 e. The molecule has 0 saturated carbocycles. The molecular weight excluding hydrogens is 234 g/mol. The van der Waals surface area contributed by atoms with E-state index in [-0.39, 0.29) is 23.8 Å². The van der Waals surface area contributed by atoms with Gasteiger partial charge in [-0.25, -0.2) is 0 Å². The highest BCUT2D eigenvalue weighted by Gasteiger charge is 2.42. The molecule has 2 aliphatic heterocycles. The Morgan fingerprint density at radius 1 is 1.44 bits per heavy atom. The first-order chi connectivity index (χ1) is 8.59. The van der Waals surface area contributed by atoms with Crippen LogP contribution < -0.4 is 21.8 Å². The molecule has 7 heteroatoms. The van der Waals surface area contributed by atoms with E-state index in [1.807, 2.05) is 0 Å². The second-order valence-electron chi connectivity index (χ2n) is 4.78. The minimum absolute atomic E-state index is 0.0186. The molecule has 0 aromatic heterocycles. The molecule has 2 atom stereocenters. The first-order valence-electron chi connectivity index (χ1n) is 6.32. The van der Waals surface area contributed by atoms with Crippen molar-refractivity contribution < 1.29 is 14.6 Å². The Bertz CT molecular complexity index is 378. The second-order valence-corrected chi connectivity index (χ2v) is 4.78. The van der Waals surface area contributed by atoms with E-state index < -0.39 is 6.04 Å². The maximum atomic E-state index is 12.1. The van der Waals surface area contributed by atoms with Crippen molar-refractivity contribution in [2.24, 2.45) is 11.5 Å². The van der Waals surface area contributed by atoms with Crippen LogP contribution in [0.15, 0.2) is 0 Å². The Balaban J connectivity index is 1.87. The largest absolute Gasteiger partial charge is 0.343 e. The summed E-state index contributed by atoms with van der Waals surface area (Å²) in [6, 6.07) is -0.632. The lowest BCUT2D eigenvalue weighted by molar-refractivity contribution is -0.459. The van der Waals surface area contributed by atoms with Crippen LogP contribution in [0.25, 0.3) is 0 Å². The van der Waals surface area contributed by atoms with E-state index in [2.05, 4.69) is 10.3 Å². The number of nitrogens with zero attached hydrogens (tertiary/aromatic N) is 1. The second kappa shape index (κ2) is 5.24. The standard InChI is InChI=1S/C11H19N5O2/c12-11(13)14-5-1-3-7-10(18)16-6-2-4-8(16)9(17)15-7/h7-8H,1-6H2,(H,15,17)(H4,12,13,14)/p+1/t7-,8-/m0/s1. The minimum atomic E-state index is -0.396. The van der Waals surface area contributed by atoms with Crippen molar-refractivity contribution in [3.63, 3.8) is 0 Å². The first kappa shape index (κ1) is 12.7. The van der Waals surface area contributed by atoms with Gasteiger partial charge in [0.05, 0.1) is 6.54 Å². The minimum Gasteiger partial charge on any atom is -0.343 e. The molecule has 2 amide bonds. The zero-order valence-electron chi connectivity index (χ0n) is 10.3. The van der Waals surface area contributed by atoms with Gasteiger partial charge in [-0.15, -0.1) is 0 Å². The van der Waals surface area contributed by atoms with Crippen molar-refractivity contribution in [2.45, 2.75) is 37.8 Å². The van der Waals surface area contributed by atoms with Gasteiger partial charge in [-0.2, -0.15) is 0 Å². The molecule has 0 aromatic rings. The van der Waals surface area contributed by atoms with E-state index in [9.17, 15) is 9.59 Å². The van der Waals surface area contributed by atoms with Gasteiger partial charge < -0.3 is 10.2 Å². The number of fused-ring (bicyclic) bond motifs is 1. The van der Waals surface area contributed by atoms with Crippen LogP contribution in [-0.4, -0.2) is 47.8 Å². The van der Waals surface area contributed by atoms with Crippen LogP contribution in [0.2, 0.25) is 0 Å². The Hall–Kier alpha value is -1.79. The summed E-state index contributed by atoms with van der Waals surface area (Å²) in [6.07, 6.45) is 3.03. The lowest BCUT2D eigenvalue weighted by atomic mass is 10.0. The number of nitrogens with two attached hydrogens (primary N) is 2. The van der Waals surface area contributed by atoms with Crippen LogP contribution in [0.4, 0.5) is 0 Å². The van der Waals surface area contributed by atoms with Crippen LogP contribution in [-0.2, 0) is 9.59 Å². The van der Waals surface area contributed by atoms with Crippen LogP contribution in [0.1, 0.15) is 25.7 Å². The van der Waals surface area contributed by atoms with E-state index in [0.29, 0.717) is 19.5 Å². The highest BCUT2D eigenvalue weighted by atomic mass is 16.2. The van der Waals surface area contributed by atoms with Gasteiger partial charge in [-0.05, 0) is 25.7 Å². The molecule has 2 rings (SSSR count). The van der Waals surface area contributed by atoms with Gasteiger partial charge in [0.1, 0.15) is 12.1 Å². The number of rotatable bonds is 4. The number of amides is 2. The Morgan fingerprint density at radius 3 is 2.94 bits per heavy atom. The lowest BCUT2D eigenvalue weighted by Crippen LogP contribution is -2.78. The zero-order chi connectivity index (χ0) is 13.1. The fourth-order valence-corrected chi connectivity index (χ4v) is 2.57. The number of guanidine groups is 1. The molecule has 100 valence electrons. The summed E-state index contributed by atoms with van der Waals surface area (Å²) in [6.45, 7) is 1.31. The van der Waals surface area contributed by atoms with Crippen LogP contribution in [0.5, 0.6) is 0 Å². The summed E-state index contributed by atoms with van der Waals surface area (Å²) in [5.41, 5.74) is 10.5. The number of nitrogens with one attached hydrogen (secondary N) is 2. The monoisotopic (exact) mass is 254 g/mol. The van der Waals surface area contributed by atoms with Crippen molar-refractivity contribution in [3.8, 4) is 0 Å². The number of carbonyl (C=O) groups excluding carboxylic acids is 2. The zero-order valence-corrected chi connectivity index (χ0v) is 10.3. The average molecular weight is 254 g/mol. The quantitative estimate of drug-likeness (QED) is 0.238. The maximum Gasteiger partial charge on any atom is 0.338 e. The molecule has 0 bridgehead atoms. The van der Waals surface area contributed by atoms with Crippen molar-refractivity contribution in [1.82, 2.24) is 10.2 Å². The van der Waals surface area contributed by atoms with Crippen molar-refractivity contribution >= 4 is 17.8 Å². The van der Waals surface area contributed by atoms with E-state index >= 15 is 0 Å². The number of hydrogen-bond acceptors (Lipinski definition) is 2. The molecule has 0 spiro atoms. The maximum absolute atomic E-state index is 12.1. The Labute approximate surface area is 106 Å². The first-order valence-corrected chi connectivity index (χ1v) is 6.32. The summed E-state index contributed by atoms with van der Waals surface area (Å²) in [5.74, 6) is 0.199. The van der Waals surface area contributed by atoms with Gasteiger partial charge in [0.15, 0.2) is 0 Å². The predicted octanol–water partition coefficient (Wildman–Crippen LogP) is -3.39. The molecule has 7 nitrogen and oxygen atoms in total. The number of carbonyl (C=O) groups is 2. The molecule has 18 heavy (non-hydrogen) atoms. The van der Waals surface area contributed by atoms with E-state index in [1.165, 1.54) is 0 Å². The SMILES string of the molecule is NC(N)=[NH+]CCC[C@@H]1NC(=O)[C@@H]2CCCN2C1=O. The van der Waals surface area contributed by atoms with Gasteiger partial charge in [-0.1, -0.05) is 0 Å². The number of piperazine rings is 1. The van der Waals surface area contributed by atoms with E-state index in [0.717, 1.165) is 19.3 Å². The molecule has 2 aliphatic rings. The van der Waals surface area contributed by atoms with E-state index in [4.69, 9.17) is 11.5 Å². The molecule has 2 fully saturated rings. The molecule has 6 N–H and O–H groups in total. The van der Waals surface area contributed by atoms with Gasteiger partial charge in [0.2, 0.25) is 11.8 Å². The Morgan fingerprint density at radius 2 is 2.22 bits per heavy atom. The van der Waals surface area contributed by atoms with E-state index in [1.54, 1.807) is 4.90 Å². The average Bonchev–Trinajstić information content (AvgIpc) is 2.80. The summed E-state index contributed by atoms with van der Waals surface area (Å²) in [5, 5.41) is 2.80. The summed E-state index contributed by atoms with van der Waals surface area (Å²) < 4.78 is 0. The van der Waals surface area contributed by atoms with Crippen molar-refractivity contribution in [1.29, 1.82) is 0 Å². The summed E-state index contributed by atoms with van der Waals surface area (Å²) in [7, 11) is 0. The fourth-order valence-electron chi connectivity index (χ4n) is 2.57. The molecular formula is C11H20N5O2+. The van der Waals surface area contributed by atoms with Gasteiger partial charge >= 0.3 is 5.96 Å². The molecule has 2 saturated heterocycles. The lowest BCUT2D eigenvalue weighted by Gasteiger charge is -2.34. The third-order valence-electron chi connectivity index (χ3n) is 3.45. The summed E-state index contributed by atoms with van der Waals surface area (Å²) in [4.78, 5) is 28.4. The van der Waals surface area contributed by atoms with Crippen LogP contribution in [0, 0.1) is 0 Å². The molecule has 0 aromatic carbocycles. The third kappa shape index (κ3) is 2.55. The van der Waals surface area contributed by atoms with Crippen molar-refractivity contribution in [3.05, 3.63) is 0 Å². The fraction of sp³-hybridized carbons (Fsp3) is 0.727. The molecule has 0 radical (unpaired) electrons. The predicted molar refractivity (Wildman–Crippen MR) is 65.1 cm³/mol. The van der Waals surface area contributed by atoms with Gasteiger partial charge in [0.25, 0.3) is 0 Å². The third-order valence-corrected chi connectivity index (χ3v) is 3.45. The Kier molecular flexibility index (Phi) is 3.69. The van der Waals surface area contributed by atoms with Gasteiger partial charge in [0, 0.05) is 6.54 Å². The van der Waals surface area contributed by atoms with Crippen LogP contribution in [0.3, 0.4) is 0 Å².